The van der Waals surface area contributed by atoms with Crippen LogP contribution in [0.2, 0.25) is 0 Å². The monoisotopic (exact) mass is 308 g/mol. The summed E-state index contributed by atoms with van der Waals surface area (Å²) in [4.78, 5) is 16.4. The van der Waals surface area contributed by atoms with E-state index in [2.05, 4.69) is 18.9 Å². The van der Waals surface area contributed by atoms with Crippen molar-refractivity contribution in [1.82, 2.24) is 9.80 Å². The number of nitrogens with zero attached hydrogens (tertiary/aromatic N) is 2. The summed E-state index contributed by atoms with van der Waals surface area (Å²) < 4.78 is 11.0. The second-order valence-corrected chi connectivity index (χ2v) is 7.08. The normalized spacial score (nSPS) is 21.0. The van der Waals surface area contributed by atoms with Crippen molar-refractivity contribution in [1.29, 1.82) is 0 Å². The minimum Gasteiger partial charge on any atom is -0.468 e. The van der Waals surface area contributed by atoms with E-state index in [9.17, 15) is 4.79 Å². The van der Waals surface area contributed by atoms with Crippen LogP contribution in [0, 0.1) is 0 Å². The average molecular weight is 308 g/mol. The van der Waals surface area contributed by atoms with E-state index in [0.29, 0.717) is 12.6 Å². The second-order valence-electron chi connectivity index (χ2n) is 7.08. The summed E-state index contributed by atoms with van der Waals surface area (Å²) in [6.45, 7) is 9.31. The van der Waals surface area contributed by atoms with Gasteiger partial charge in [0.25, 0.3) is 0 Å². The molecule has 1 amide bonds. The Balaban J connectivity index is 1.96. The quantitative estimate of drug-likeness (QED) is 0.854. The lowest BCUT2D eigenvalue weighted by atomic mass is 10.0. The number of carbonyl (C=O) groups excluding carboxylic acids is 1. The van der Waals surface area contributed by atoms with Crippen molar-refractivity contribution in [3.05, 3.63) is 24.2 Å². The van der Waals surface area contributed by atoms with Crippen molar-refractivity contribution in [3.63, 3.8) is 0 Å². The first-order valence-corrected chi connectivity index (χ1v) is 8.01. The van der Waals surface area contributed by atoms with Crippen LogP contribution < -0.4 is 0 Å². The number of ether oxygens (including phenoxy) is 1. The van der Waals surface area contributed by atoms with Crippen molar-refractivity contribution >= 4 is 6.09 Å². The first kappa shape index (κ1) is 16.9. The Morgan fingerprint density at radius 1 is 1.50 bits per heavy atom. The van der Waals surface area contributed by atoms with Gasteiger partial charge < -0.3 is 14.1 Å². The lowest BCUT2D eigenvalue weighted by molar-refractivity contribution is 0.00898. The lowest BCUT2D eigenvalue weighted by Crippen LogP contribution is -2.50. The summed E-state index contributed by atoms with van der Waals surface area (Å²) in [5.41, 5.74) is -0.447. The number of hydrogen-bond donors (Lipinski definition) is 0. The van der Waals surface area contributed by atoms with Gasteiger partial charge in [-0.15, -0.1) is 0 Å². The second kappa shape index (κ2) is 6.73. The van der Waals surface area contributed by atoms with E-state index >= 15 is 0 Å². The summed E-state index contributed by atoms with van der Waals surface area (Å²) in [6, 6.07) is 4.42. The van der Waals surface area contributed by atoms with Crippen LogP contribution in [0.15, 0.2) is 22.8 Å². The Labute approximate surface area is 133 Å². The Kier molecular flexibility index (Phi) is 5.16. The Morgan fingerprint density at radius 3 is 2.82 bits per heavy atom. The Hall–Kier alpha value is -1.49. The van der Waals surface area contributed by atoms with Crippen molar-refractivity contribution in [3.8, 4) is 0 Å². The molecule has 1 saturated heterocycles. The highest BCUT2D eigenvalue weighted by molar-refractivity contribution is 5.68. The molecule has 0 aromatic carbocycles. The summed E-state index contributed by atoms with van der Waals surface area (Å²) >= 11 is 0. The molecule has 0 radical (unpaired) electrons. The molecule has 124 valence electrons. The van der Waals surface area contributed by atoms with Gasteiger partial charge in [0.15, 0.2) is 0 Å². The van der Waals surface area contributed by atoms with E-state index in [1.165, 1.54) is 0 Å². The standard InChI is InChI=1S/C17H28N2O3/c1-13(15-9-7-11-21-15)18(5)14-8-6-10-19(12-14)16(20)22-17(2,3)4/h7,9,11,13-14H,6,8,10,12H2,1-5H3/t13?,14-/m0/s1. The number of piperidine rings is 1. The van der Waals surface area contributed by atoms with Gasteiger partial charge in [0.2, 0.25) is 0 Å². The van der Waals surface area contributed by atoms with Crippen LogP contribution >= 0.6 is 0 Å². The first-order chi connectivity index (χ1) is 10.3. The predicted molar refractivity (Wildman–Crippen MR) is 85.7 cm³/mol. The molecule has 1 unspecified atom stereocenters. The van der Waals surface area contributed by atoms with E-state index in [1.807, 2.05) is 37.8 Å². The van der Waals surface area contributed by atoms with Gasteiger partial charge in [-0.2, -0.15) is 0 Å². The van der Waals surface area contributed by atoms with Crippen molar-refractivity contribution < 1.29 is 13.9 Å². The molecule has 0 saturated carbocycles. The molecule has 2 atom stereocenters. The van der Waals surface area contributed by atoms with Crippen LogP contribution in [-0.2, 0) is 4.74 Å². The van der Waals surface area contributed by atoms with E-state index in [0.717, 1.165) is 25.1 Å². The molecule has 1 aromatic heterocycles. The smallest absolute Gasteiger partial charge is 0.410 e. The number of hydrogen-bond acceptors (Lipinski definition) is 4. The summed E-state index contributed by atoms with van der Waals surface area (Å²) in [7, 11) is 2.09. The maximum atomic E-state index is 12.2. The van der Waals surface area contributed by atoms with Crippen molar-refractivity contribution in [2.45, 2.75) is 58.2 Å². The third-order valence-corrected chi connectivity index (χ3v) is 4.19. The molecule has 1 aliphatic heterocycles. The first-order valence-electron chi connectivity index (χ1n) is 8.01. The number of amides is 1. The summed E-state index contributed by atoms with van der Waals surface area (Å²) in [5, 5.41) is 0. The fourth-order valence-corrected chi connectivity index (χ4v) is 2.83. The number of carbonyl (C=O) groups is 1. The highest BCUT2D eigenvalue weighted by atomic mass is 16.6. The largest absolute Gasteiger partial charge is 0.468 e. The highest BCUT2D eigenvalue weighted by Crippen LogP contribution is 2.26. The molecular weight excluding hydrogens is 280 g/mol. The molecule has 1 aromatic rings. The van der Waals surface area contributed by atoms with Crippen LogP contribution in [-0.4, -0.2) is 47.7 Å². The molecule has 0 spiro atoms. The predicted octanol–water partition coefficient (Wildman–Crippen LogP) is 3.67. The molecule has 22 heavy (non-hydrogen) atoms. The molecule has 0 aliphatic carbocycles. The van der Waals surface area contributed by atoms with Gasteiger partial charge in [0.1, 0.15) is 11.4 Å². The third-order valence-electron chi connectivity index (χ3n) is 4.19. The molecule has 5 nitrogen and oxygen atoms in total. The molecule has 2 rings (SSSR count). The molecule has 1 aliphatic rings. The molecule has 1 fully saturated rings. The SMILES string of the molecule is CC(c1ccco1)N(C)[C@H]1CCCN(C(=O)OC(C)(C)C)C1. The van der Waals surface area contributed by atoms with E-state index in [1.54, 1.807) is 6.26 Å². The summed E-state index contributed by atoms with van der Waals surface area (Å²) in [6.07, 6.45) is 3.57. The zero-order valence-corrected chi connectivity index (χ0v) is 14.3. The van der Waals surface area contributed by atoms with E-state index in [-0.39, 0.29) is 12.1 Å². The zero-order valence-electron chi connectivity index (χ0n) is 14.3. The number of likely N-dealkylation sites (tertiary alicyclic amines) is 1. The maximum Gasteiger partial charge on any atom is 0.410 e. The topological polar surface area (TPSA) is 45.9 Å². The minimum atomic E-state index is -0.447. The molecule has 0 N–H and O–H groups in total. The molecule has 5 heteroatoms. The van der Waals surface area contributed by atoms with Gasteiger partial charge in [-0.25, -0.2) is 4.79 Å². The number of likely N-dealkylation sites (N-methyl/N-ethyl adjacent to an activating group) is 1. The Bertz CT molecular complexity index is 479. The summed E-state index contributed by atoms with van der Waals surface area (Å²) in [5.74, 6) is 0.955. The Morgan fingerprint density at radius 2 is 2.23 bits per heavy atom. The van der Waals surface area contributed by atoms with E-state index < -0.39 is 5.60 Å². The van der Waals surface area contributed by atoms with Crippen molar-refractivity contribution in [2.24, 2.45) is 0 Å². The fourth-order valence-electron chi connectivity index (χ4n) is 2.83. The van der Waals surface area contributed by atoms with Crippen LogP contribution in [0.1, 0.15) is 52.3 Å². The minimum absolute atomic E-state index is 0.193. The van der Waals surface area contributed by atoms with Crippen LogP contribution in [0.3, 0.4) is 0 Å². The van der Waals surface area contributed by atoms with Gasteiger partial charge in [0.05, 0.1) is 12.3 Å². The van der Waals surface area contributed by atoms with Crippen LogP contribution in [0.5, 0.6) is 0 Å². The number of rotatable bonds is 3. The zero-order chi connectivity index (χ0) is 16.3. The van der Waals surface area contributed by atoms with Gasteiger partial charge in [-0.05, 0) is 59.7 Å². The maximum absolute atomic E-state index is 12.2. The molecule has 2 heterocycles. The van der Waals surface area contributed by atoms with Crippen LogP contribution in [0.4, 0.5) is 4.79 Å². The van der Waals surface area contributed by atoms with Gasteiger partial charge in [-0.1, -0.05) is 0 Å². The van der Waals surface area contributed by atoms with Gasteiger partial charge >= 0.3 is 6.09 Å². The van der Waals surface area contributed by atoms with Gasteiger partial charge in [-0.3, -0.25) is 4.90 Å². The fraction of sp³-hybridized carbons (Fsp3) is 0.706. The lowest BCUT2D eigenvalue weighted by Gasteiger charge is -2.40. The highest BCUT2D eigenvalue weighted by Gasteiger charge is 2.31. The van der Waals surface area contributed by atoms with Crippen LogP contribution in [0.25, 0.3) is 0 Å². The average Bonchev–Trinajstić information content (AvgIpc) is 2.98. The molecular formula is C17H28N2O3. The third kappa shape index (κ3) is 4.26. The van der Waals surface area contributed by atoms with E-state index in [4.69, 9.17) is 9.15 Å². The van der Waals surface area contributed by atoms with Gasteiger partial charge in [0, 0.05) is 19.1 Å². The van der Waals surface area contributed by atoms with Crippen molar-refractivity contribution in [2.75, 3.05) is 20.1 Å². The molecule has 0 bridgehead atoms. The number of furan rings is 1.